The highest BCUT2D eigenvalue weighted by molar-refractivity contribution is 5.93. The average molecular weight is 320 g/mol. The molecule has 3 N–H and O–H groups in total. The minimum absolute atomic E-state index is 0.0961. The SMILES string of the molecule is CCOC(=O)C1CCCN(c2ccc(NC(=O)C(C)N)nc2)C1. The number of nitrogens with two attached hydrogens (primary N) is 1. The van der Waals surface area contributed by atoms with Crippen molar-refractivity contribution in [2.24, 2.45) is 11.7 Å². The van der Waals surface area contributed by atoms with Gasteiger partial charge in [0.05, 0.1) is 30.5 Å². The van der Waals surface area contributed by atoms with Crippen molar-refractivity contribution in [2.45, 2.75) is 32.7 Å². The van der Waals surface area contributed by atoms with E-state index in [1.807, 2.05) is 13.0 Å². The van der Waals surface area contributed by atoms with Crippen LogP contribution in [-0.4, -0.2) is 42.6 Å². The highest BCUT2D eigenvalue weighted by atomic mass is 16.5. The van der Waals surface area contributed by atoms with Crippen molar-refractivity contribution in [3.8, 4) is 0 Å². The number of anilines is 2. The van der Waals surface area contributed by atoms with E-state index in [-0.39, 0.29) is 17.8 Å². The van der Waals surface area contributed by atoms with Gasteiger partial charge in [0.15, 0.2) is 0 Å². The fourth-order valence-electron chi connectivity index (χ4n) is 2.55. The molecule has 2 rings (SSSR count). The summed E-state index contributed by atoms with van der Waals surface area (Å²) in [6, 6.07) is 3.05. The fourth-order valence-corrected chi connectivity index (χ4v) is 2.55. The van der Waals surface area contributed by atoms with Gasteiger partial charge in [0, 0.05) is 13.1 Å². The number of hydrogen-bond donors (Lipinski definition) is 2. The van der Waals surface area contributed by atoms with Crippen molar-refractivity contribution in [1.82, 2.24) is 4.98 Å². The van der Waals surface area contributed by atoms with Crippen molar-refractivity contribution in [3.63, 3.8) is 0 Å². The Kier molecular flexibility index (Phi) is 5.92. The van der Waals surface area contributed by atoms with Crippen molar-refractivity contribution in [3.05, 3.63) is 18.3 Å². The lowest BCUT2D eigenvalue weighted by molar-refractivity contribution is -0.148. The second kappa shape index (κ2) is 7.92. The summed E-state index contributed by atoms with van der Waals surface area (Å²) in [5.74, 6) is -0.0345. The zero-order valence-corrected chi connectivity index (χ0v) is 13.6. The Morgan fingerprint density at radius 3 is 2.91 bits per heavy atom. The zero-order chi connectivity index (χ0) is 16.8. The predicted molar refractivity (Wildman–Crippen MR) is 88.1 cm³/mol. The monoisotopic (exact) mass is 320 g/mol. The number of amides is 1. The third-order valence-electron chi connectivity index (χ3n) is 3.82. The number of nitrogens with one attached hydrogen (secondary N) is 1. The van der Waals surface area contributed by atoms with Crippen LogP contribution in [0.25, 0.3) is 0 Å². The minimum atomic E-state index is -0.580. The van der Waals surface area contributed by atoms with Crippen LogP contribution < -0.4 is 16.0 Å². The van der Waals surface area contributed by atoms with Crippen LogP contribution in [0.2, 0.25) is 0 Å². The number of pyridine rings is 1. The summed E-state index contributed by atoms with van der Waals surface area (Å²) in [5.41, 5.74) is 6.44. The number of carbonyl (C=O) groups excluding carboxylic acids is 2. The summed E-state index contributed by atoms with van der Waals surface area (Å²) in [7, 11) is 0. The standard InChI is InChI=1S/C16H24N4O3/c1-3-23-16(22)12-5-4-8-20(10-12)13-6-7-14(18-9-13)19-15(21)11(2)17/h6-7,9,11-12H,3-5,8,10,17H2,1-2H3,(H,18,19,21). The van der Waals surface area contributed by atoms with Gasteiger partial charge in [-0.1, -0.05) is 0 Å². The Morgan fingerprint density at radius 2 is 2.30 bits per heavy atom. The Labute approximate surface area is 136 Å². The van der Waals surface area contributed by atoms with Crippen LogP contribution in [0.1, 0.15) is 26.7 Å². The minimum Gasteiger partial charge on any atom is -0.466 e. The largest absolute Gasteiger partial charge is 0.466 e. The maximum absolute atomic E-state index is 11.9. The first-order chi connectivity index (χ1) is 11.0. The first-order valence-corrected chi connectivity index (χ1v) is 7.95. The molecule has 2 heterocycles. The molecule has 0 radical (unpaired) electrons. The smallest absolute Gasteiger partial charge is 0.310 e. The van der Waals surface area contributed by atoms with E-state index in [4.69, 9.17) is 10.5 Å². The molecule has 0 spiro atoms. The van der Waals surface area contributed by atoms with E-state index in [1.54, 1.807) is 19.2 Å². The summed E-state index contributed by atoms with van der Waals surface area (Å²) >= 11 is 0. The average Bonchev–Trinajstić information content (AvgIpc) is 2.56. The van der Waals surface area contributed by atoms with Crippen LogP contribution in [0.4, 0.5) is 11.5 Å². The number of esters is 1. The van der Waals surface area contributed by atoms with Gasteiger partial charge in [-0.05, 0) is 38.8 Å². The molecule has 1 amide bonds. The third kappa shape index (κ3) is 4.66. The lowest BCUT2D eigenvalue weighted by Crippen LogP contribution is -2.39. The summed E-state index contributed by atoms with van der Waals surface area (Å²) in [6.45, 7) is 5.35. The molecule has 126 valence electrons. The molecule has 1 aliphatic rings. The predicted octanol–water partition coefficient (Wildman–Crippen LogP) is 1.15. The molecular formula is C16H24N4O3. The number of aromatic nitrogens is 1. The summed E-state index contributed by atoms with van der Waals surface area (Å²) in [4.78, 5) is 29.8. The van der Waals surface area contributed by atoms with Gasteiger partial charge in [-0.2, -0.15) is 0 Å². The molecule has 1 aliphatic heterocycles. The quantitative estimate of drug-likeness (QED) is 0.790. The molecule has 7 heteroatoms. The number of nitrogens with zero attached hydrogens (tertiary/aromatic N) is 2. The first kappa shape index (κ1) is 17.2. The van der Waals surface area contributed by atoms with Crippen molar-refractivity contribution >= 4 is 23.4 Å². The molecule has 2 unspecified atom stereocenters. The van der Waals surface area contributed by atoms with Crippen LogP contribution in [0.15, 0.2) is 18.3 Å². The van der Waals surface area contributed by atoms with Crippen LogP contribution >= 0.6 is 0 Å². The Balaban J connectivity index is 1.98. The van der Waals surface area contributed by atoms with E-state index < -0.39 is 6.04 Å². The highest BCUT2D eigenvalue weighted by Gasteiger charge is 2.27. The third-order valence-corrected chi connectivity index (χ3v) is 3.82. The van der Waals surface area contributed by atoms with E-state index >= 15 is 0 Å². The second-order valence-corrected chi connectivity index (χ2v) is 5.72. The number of rotatable bonds is 5. The second-order valence-electron chi connectivity index (χ2n) is 5.72. The number of ether oxygens (including phenoxy) is 1. The van der Waals surface area contributed by atoms with Gasteiger partial charge in [0.1, 0.15) is 5.82 Å². The van der Waals surface area contributed by atoms with Gasteiger partial charge >= 0.3 is 5.97 Å². The van der Waals surface area contributed by atoms with Crippen LogP contribution in [0.3, 0.4) is 0 Å². The molecule has 23 heavy (non-hydrogen) atoms. The molecule has 1 aromatic rings. The molecule has 1 fully saturated rings. The van der Waals surface area contributed by atoms with E-state index in [2.05, 4.69) is 15.2 Å². The van der Waals surface area contributed by atoms with Crippen LogP contribution in [0.5, 0.6) is 0 Å². The summed E-state index contributed by atoms with van der Waals surface area (Å²) < 4.78 is 5.11. The molecular weight excluding hydrogens is 296 g/mol. The molecule has 0 bridgehead atoms. The molecule has 1 saturated heterocycles. The maximum Gasteiger partial charge on any atom is 0.310 e. The van der Waals surface area contributed by atoms with E-state index in [1.165, 1.54) is 0 Å². The van der Waals surface area contributed by atoms with Gasteiger partial charge in [-0.25, -0.2) is 4.98 Å². The van der Waals surface area contributed by atoms with Gasteiger partial charge in [-0.3, -0.25) is 9.59 Å². The number of hydrogen-bond acceptors (Lipinski definition) is 6. The fraction of sp³-hybridized carbons (Fsp3) is 0.562. The maximum atomic E-state index is 11.9. The molecule has 0 aromatic carbocycles. The lowest BCUT2D eigenvalue weighted by Gasteiger charge is -2.33. The van der Waals surface area contributed by atoms with Gasteiger partial charge in [-0.15, -0.1) is 0 Å². The lowest BCUT2D eigenvalue weighted by atomic mass is 9.98. The molecule has 1 aromatic heterocycles. The number of piperidine rings is 1. The van der Waals surface area contributed by atoms with E-state index in [0.29, 0.717) is 19.0 Å². The van der Waals surface area contributed by atoms with Crippen LogP contribution in [0, 0.1) is 5.92 Å². The van der Waals surface area contributed by atoms with Crippen molar-refractivity contribution in [2.75, 3.05) is 29.9 Å². The van der Waals surface area contributed by atoms with E-state index in [9.17, 15) is 9.59 Å². The summed E-state index contributed by atoms with van der Waals surface area (Å²) in [6.07, 6.45) is 3.49. The Morgan fingerprint density at radius 1 is 1.52 bits per heavy atom. The van der Waals surface area contributed by atoms with Crippen molar-refractivity contribution < 1.29 is 14.3 Å². The van der Waals surface area contributed by atoms with Crippen molar-refractivity contribution in [1.29, 1.82) is 0 Å². The molecule has 7 nitrogen and oxygen atoms in total. The Bertz CT molecular complexity index is 545. The molecule has 0 saturated carbocycles. The zero-order valence-electron chi connectivity index (χ0n) is 13.6. The van der Waals surface area contributed by atoms with Crippen LogP contribution in [-0.2, 0) is 14.3 Å². The summed E-state index contributed by atoms with van der Waals surface area (Å²) in [5, 5.41) is 2.65. The number of carbonyl (C=O) groups is 2. The first-order valence-electron chi connectivity index (χ1n) is 7.95. The van der Waals surface area contributed by atoms with Gasteiger partial charge in [0.25, 0.3) is 0 Å². The van der Waals surface area contributed by atoms with E-state index in [0.717, 1.165) is 25.1 Å². The molecule has 2 atom stereocenters. The Hall–Kier alpha value is -2.15. The molecule has 0 aliphatic carbocycles. The van der Waals surface area contributed by atoms with Gasteiger partial charge in [0.2, 0.25) is 5.91 Å². The highest BCUT2D eigenvalue weighted by Crippen LogP contribution is 2.24. The van der Waals surface area contributed by atoms with Gasteiger partial charge < -0.3 is 20.7 Å². The topological polar surface area (TPSA) is 97.5 Å². The normalized spacial score (nSPS) is 19.1.